The molecule has 3 rings (SSSR count). The Labute approximate surface area is 137 Å². The number of rotatable bonds is 0. The number of hydrogen-bond acceptors (Lipinski definition) is 0. The number of hydrogen-bond donors (Lipinski definition) is 0. The molecule has 1 radical (unpaired) electrons. The Morgan fingerprint density at radius 2 is 0.955 bits per heavy atom. The molecule has 1 aromatic carbocycles. The van der Waals surface area contributed by atoms with E-state index in [0.29, 0.717) is 0 Å². The number of aryl methyl sites for hydroxylation is 2. The molecular weight excluding hydrogens is 264 g/mol. The largest absolute Gasteiger partial charge is 0.0755 e. The first-order valence-electron chi connectivity index (χ1n) is 9.61. The van der Waals surface area contributed by atoms with Crippen LogP contribution in [0.15, 0.2) is 18.2 Å². The summed E-state index contributed by atoms with van der Waals surface area (Å²) in [5.41, 5.74) is 6.15. The number of allylic oxidation sites excluding steroid dienone is 1. The third-order valence-electron chi connectivity index (χ3n) is 5.35. The summed E-state index contributed by atoms with van der Waals surface area (Å²) in [6.45, 7) is 0. The molecule has 0 aliphatic heterocycles. The van der Waals surface area contributed by atoms with Gasteiger partial charge in [-0.2, -0.15) is 0 Å². The van der Waals surface area contributed by atoms with Crippen LogP contribution in [0.5, 0.6) is 0 Å². The van der Waals surface area contributed by atoms with Gasteiger partial charge in [0.1, 0.15) is 0 Å². The van der Waals surface area contributed by atoms with Crippen molar-refractivity contribution in [3.05, 3.63) is 46.9 Å². The molecule has 0 aromatic heterocycles. The average molecular weight is 295 g/mol. The lowest BCUT2D eigenvalue weighted by Gasteiger charge is -2.13. The van der Waals surface area contributed by atoms with Gasteiger partial charge < -0.3 is 0 Å². The Balaban J connectivity index is 1.67. The van der Waals surface area contributed by atoms with E-state index in [9.17, 15) is 0 Å². The first kappa shape index (κ1) is 15.8. The van der Waals surface area contributed by atoms with Gasteiger partial charge in [0.15, 0.2) is 0 Å². The first-order valence-corrected chi connectivity index (χ1v) is 9.61. The highest BCUT2D eigenvalue weighted by atomic mass is 14.2. The Morgan fingerprint density at radius 1 is 0.500 bits per heavy atom. The number of fused-ring (bicyclic) bond motifs is 2. The van der Waals surface area contributed by atoms with E-state index < -0.39 is 0 Å². The van der Waals surface area contributed by atoms with E-state index in [1.54, 1.807) is 11.1 Å². The molecule has 0 heteroatoms. The summed E-state index contributed by atoms with van der Waals surface area (Å²) in [5.74, 6) is 0. The summed E-state index contributed by atoms with van der Waals surface area (Å²) < 4.78 is 0. The molecule has 0 heterocycles. The Morgan fingerprint density at radius 3 is 1.50 bits per heavy atom. The third kappa shape index (κ3) is 4.48. The van der Waals surface area contributed by atoms with E-state index in [-0.39, 0.29) is 0 Å². The second-order valence-corrected chi connectivity index (χ2v) is 7.16. The summed E-state index contributed by atoms with van der Waals surface area (Å²) in [6, 6.07) is 4.95. The van der Waals surface area contributed by atoms with E-state index in [2.05, 4.69) is 30.7 Å². The van der Waals surface area contributed by atoms with Crippen LogP contribution in [-0.2, 0) is 12.8 Å². The summed E-state index contributed by atoms with van der Waals surface area (Å²) in [5, 5.41) is 0. The van der Waals surface area contributed by atoms with Crippen molar-refractivity contribution >= 4 is 6.08 Å². The fourth-order valence-electron chi connectivity index (χ4n) is 3.96. The SMILES string of the molecule is [CH]1C=Cc2cc3c(cc21)CCCCCCCCCCCCC3. The maximum Gasteiger partial charge on any atom is 0.0131 e. The molecule has 0 spiro atoms. The van der Waals surface area contributed by atoms with Crippen LogP contribution in [0, 0.1) is 6.42 Å². The molecule has 0 unspecified atom stereocenters. The summed E-state index contributed by atoms with van der Waals surface area (Å²) in [4.78, 5) is 0. The zero-order valence-corrected chi connectivity index (χ0v) is 14.1. The van der Waals surface area contributed by atoms with Crippen LogP contribution in [0.3, 0.4) is 0 Å². The average Bonchev–Trinajstić information content (AvgIpc) is 2.97. The van der Waals surface area contributed by atoms with Crippen LogP contribution in [0.2, 0.25) is 0 Å². The van der Waals surface area contributed by atoms with Crippen molar-refractivity contribution in [1.82, 2.24) is 0 Å². The Kier molecular flexibility index (Phi) is 6.16. The molecule has 0 atom stereocenters. The highest BCUT2D eigenvalue weighted by molar-refractivity contribution is 5.66. The number of benzene rings is 1. The molecule has 0 fully saturated rings. The second-order valence-electron chi connectivity index (χ2n) is 7.16. The normalized spacial score (nSPS) is 20.7. The van der Waals surface area contributed by atoms with E-state index >= 15 is 0 Å². The summed E-state index contributed by atoms with van der Waals surface area (Å²) in [7, 11) is 0. The highest BCUT2D eigenvalue weighted by Gasteiger charge is 2.11. The second kappa shape index (κ2) is 8.56. The molecule has 0 amide bonds. The monoisotopic (exact) mass is 295 g/mol. The molecule has 0 bridgehead atoms. The lowest BCUT2D eigenvalue weighted by atomic mass is 9.92. The highest BCUT2D eigenvalue weighted by Crippen LogP contribution is 2.28. The quantitative estimate of drug-likeness (QED) is 0.502. The van der Waals surface area contributed by atoms with Gasteiger partial charge in [-0.1, -0.05) is 82.1 Å². The molecule has 0 saturated carbocycles. The van der Waals surface area contributed by atoms with Crippen molar-refractivity contribution in [3.8, 4) is 0 Å². The van der Waals surface area contributed by atoms with Crippen LogP contribution in [0.1, 0.15) is 92.9 Å². The minimum atomic E-state index is 1.29. The molecule has 0 nitrogen and oxygen atoms in total. The van der Waals surface area contributed by atoms with Crippen molar-refractivity contribution in [2.75, 3.05) is 0 Å². The fourth-order valence-corrected chi connectivity index (χ4v) is 3.96. The first-order chi connectivity index (χ1) is 10.9. The Bertz CT molecular complexity index is 495. The molecule has 119 valence electrons. The predicted molar refractivity (Wildman–Crippen MR) is 97.1 cm³/mol. The van der Waals surface area contributed by atoms with Crippen LogP contribution >= 0.6 is 0 Å². The van der Waals surface area contributed by atoms with Gasteiger partial charge in [0, 0.05) is 6.42 Å². The molecule has 0 saturated heterocycles. The Hall–Kier alpha value is -1.04. The van der Waals surface area contributed by atoms with Crippen molar-refractivity contribution in [2.45, 2.75) is 83.5 Å². The standard InChI is InChI=1S/C22H31/c1-2-4-6-8-10-13-19-17-21-15-12-16-22(21)18-20(19)14-11-9-7-5-3-1/h12,15-18H,1-11,13-14H2. The lowest BCUT2D eigenvalue weighted by molar-refractivity contribution is 0.549. The zero-order chi connectivity index (χ0) is 15.0. The van der Waals surface area contributed by atoms with E-state index in [1.807, 2.05) is 0 Å². The van der Waals surface area contributed by atoms with Gasteiger partial charge in [0.25, 0.3) is 0 Å². The molecule has 2 aliphatic carbocycles. The molecule has 0 N–H and O–H groups in total. The van der Waals surface area contributed by atoms with Crippen LogP contribution in [0.4, 0.5) is 0 Å². The third-order valence-corrected chi connectivity index (χ3v) is 5.35. The van der Waals surface area contributed by atoms with Gasteiger partial charge in [0.2, 0.25) is 0 Å². The maximum absolute atomic E-state index is 2.47. The molecule has 22 heavy (non-hydrogen) atoms. The lowest BCUT2D eigenvalue weighted by Crippen LogP contribution is -1.98. The van der Waals surface area contributed by atoms with Crippen LogP contribution in [-0.4, -0.2) is 0 Å². The van der Waals surface area contributed by atoms with Gasteiger partial charge in [-0.05, 0) is 47.9 Å². The van der Waals surface area contributed by atoms with Gasteiger partial charge in [-0.3, -0.25) is 0 Å². The summed E-state index contributed by atoms with van der Waals surface area (Å²) >= 11 is 0. The van der Waals surface area contributed by atoms with Crippen LogP contribution in [0.25, 0.3) is 6.08 Å². The van der Waals surface area contributed by atoms with Crippen molar-refractivity contribution in [3.63, 3.8) is 0 Å². The smallest absolute Gasteiger partial charge is 0.0131 e. The predicted octanol–water partition coefficient (Wildman–Crippen LogP) is 6.66. The summed E-state index contributed by atoms with van der Waals surface area (Å²) in [6.07, 6.45) is 25.1. The van der Waals surface area contributed by atoms with Gasteiger partial charge in [-0.15, -0.1) is 0 Å². The molecule has 2 aliphatic rings. The van der Waals surface area contributed by atoms with Crippen LogP contribution < -0.4 is 0 Å². The van der Waals surface area contributed by atoms with Gasteiger partial charge >= 0.3 is 0 Å². The minimum Gasteiger partial charge on any atom is -0.0755 e. The topological polar surface area (TPSA) is 0 Å². The zero-order valence-electron chi connectivity index (χ0n) is 14.1. The van der Waals surface area contributed by atoms with E-state index in [1.165, 1.54) is 94.6 Å². The molecule has 1 aromatic rings. The fraction of sp³-hybridized carbons (Fsp3) is 0.591. The van der Waals surface area contributed by atoms with Crippen molar-refractivity contribution in [1.29, 1.82) is 0 Å². The van der Waals surface area contributed by atoms with Gasteiger partial charge in [-0.25, -0.2) is 0 Å². The minimum absolute atomic E-state index is 1.29. The van der Waals surface area contributed by atoms with Crippen molar-refractivity contribution in [2.24, 2.45) is 0 Å². The van der Waals surface area contributed by atoms with E-state index in [0.717, 1.165) is 0 Å². The maximum atomic E-state index is 2.47. The van der Waals surface area contributed by atoms with E-state index in [4.69, 9.17) is 0 Å². The van der Waals surface area contributed by atoms with Crippen molar-refractivity contribution < 1.29 is 0 Å². The molecular formula is C22H31. The van der Waals surface area contributed by atoms with Gasteiger partial charge in [0.05, 0.1) is 0 Å².